The van der Waals surface area contributed by atoms with Crippen LogP contribution in [0, 0.1) is 0 Å². The van der Waals surface area contributed by atoms with Crippen LogP contribution < -0.4 is 0 Å². The average molecular weight is 255 g/mol. The molecular formula is C13H15ClO3. The van der Waals surface area contributed by atoms with Crippen LogP contribution in [0.2, 0.25) is 0 Å². The highest BCUT2D eigenvalue weighted by molar-refractivity contribution is 6.17. The molecule has 1 aromatic rings. The van der Waals surface area contributed by atoms with Crippen molar-refractivity contribution in [2.75, 3.05) is 5.88 Å². The summed E-state index contributed by atoms with van der Waals surface area (Å²) in [7, 11) is 0. The molecule has 17 heavy (non-hydrogen) atoms. The SMILES string of the molecule is O=C1CCc2cc(C(O)C(O)CCCl)ccc21. The molecule has 4 heteroatoms. The van der Waals surface area contributed by atoms with Gasteiger partial charge in [0.2, 0.25) is 0 Å². The van der Waals surface area contributed by atoms with Gasteiger partial charge in [0, 0.05) is 17.9 Å². The van der Waals surface area contributed by atoms with Crippen molar-refractivity contribution in [3.8, 4) is 0 Å². The molecule has 2 N–H and O–H groups in total. The Morgan fingerprint density at radius 1 is 1.29 bits per heavy atom. The van der Waals surface area contributed by atoms with Crippen LogP contribution in [0.1, 0.15) is 40.4 Å². The monoisotopic (exact) mass is 254 g/mol. The molecule has 0 aliphatic heterocycles. The Morgan fingerprint density at radius 2 is 2.06 bits per heavy atom. The number of rotatable bonds is 4. The molecular weight excluding hydrogens is 240 g/mol. The zero-order valence-corrected chi connectivity index (χ0v) is 10.2. The molecule has 2 unspecified atom stereocenters. The van der Waals surface area contributed by atoms with Crippen LogP contribution in [0.3, 0.4) is 0 Å². The van der Waals surface area contributed by atoms with Gasteiger partial charge in [-0.15, -0.1) is 11.6 Å². The van der Waals surface area contributed by atoms with E-state index in [9.17, 15) is 15.0 Å². The van der Waals surface area contributed by atoms with E-state index in [1.807, 2.05) is 6.07 Å². The number of halogens is 1. The van der Waals surface area contributed by atoms with Gasteiger partial charge in [0.15, 0.2) is 5.78 Å². The Labute approximate surface area is 105 Å². The highest BCUT2D eigenvalue weighted by Gasteiger charge is 2.23. The first kappa shape index (κ1) is 12.6. The maximum atomic E-state index is 11.5. The van der Waals surface area contributed by atoms with Gasteiger partial charge < -0.3 is 10.2 Å². The van der Waals surface area contributed by atoms with Crippen LogP contribution in [-0.2, 0) is 6.42 Å². The lowest BCUT2D eigenvalue weighted by Gasteiger charge is -2.17. The summed E-state index contributed by atoms with van der Waals surface area (Å²) in [6.45, 7) is 0. The third-order valence-corrected chi connectivity index (χ3v) is 3.38. The van der Waals surface area contributed by atoms with Crippen molar-refractivity contribution in [3.63, 3.8) is 0 Å². The number of aryl methyl sites for hydroxylation is 1. The maximum absolute atomic E-state index is 11.5. The smallest absolute Gasteiger partial charge is 0.163 e. The van der Waals surface area contributed by atoms with Gasteiger partial charge in [-0.3, -0.25) is 4.79 Å². The third-order valence-electron chi connectivity index (χ3n) is 3.16. The number of hydrogen-bond acceptors (Lipinski definition) is 3. The highest BCUT2D eigenvalue weighted by atomic mass is 35.5. The number of aliphatic hydroxyl groups excluding tert-OH is 2. The first-order chi connectivity index (χ1) is 8.13. The zero-order valence-electron chi connectivity index (χ0n) is 9.40. The van der Waals surface area contributed by atoms with Gasteiger partial charge in [0.05, 0.1) is 6.10 Å². The quantitative estimate of drug-likeness (QED) is 0.806. The van der Waals surface area contributed by atoms with Gasteiger partial charge in [0.25, 0.3) is 0 Å². The van der Waals surface area contributed by atoms with E-state index >= 15 is 0 Å². The lowest BCUT2D eigenvalue weighted by Crippen LogP contribution is -2.18. The van der Waals surface area contributed by atoms with Gasteiger partial charge in [0.1, 0.15) is 6.10 Å². The molecule has 0 aromatic heterocycles. The topological polar surface area (TPSA) is 57.5 Å². The number of Topliss-reactive ketones (excluding diaryl/α,β-unsaturated/α-hetero) is 1. The number of aliphatic hydroxyl groups is 2. The molecule has 0 radical (unpaired) electrons. The highest BCUT2D eigenvalue weighted by Crippen LogP contribution is 2.27. The number of carbonyl (C=O) groups is 1. The summed E-state index contributed by atoms with van der Waals surface area (Å²) in [6.07, 6.45) is -0.185. The maximum Gasteiger partial charge on any atom is 0.163 e. The molecule has 0 saturated carbocycles. The molecule has 0 saturated heterocycles. The number of fused-ring (bicyclic) bond motifs is 1. The normalized spacial score (nSPS) is 17.9. The number of ketones is 1. The zero-order chi connectivity index (χ0) is 12.4. The van der Waals surface area contributed by atoms with Gasteiger partial charge in [-0.05, 0) is 24.0 Å². The summed E-state index contributed by atoms with van der Waals surface area (Å²) < 4.78 is 0. The summed E-state index contributed by atoms with van der Waals surface area (Å²) in [5.74, 6) is 0.462. The number of benzene rings is 1. The summed E-state index contributed by atoms with van der Waals surface area (Å²) in [5, 5.41) is 19.6. The Balaban J connectivity index is 2.20. The van der Waals surface area contributed by atoms with E-state index in [-0.39, 0.29) is 5.78 Å². The van der Waals surface area contributed by atoms with E-state index < -0.39 is 12.2 Å². The molecule has 1 aliphatic rings. The van der Waals surface area contributed by atoms with Crippen LogP contribution in [0.25, 0.3) is 0 Å². The minimum absolute atomic E-state index is 0.155. The predicted molar refractivity (Wildman–Crippen MR) is 65.4 cm³/mol. The molecule has 0 bridgehead atoms. The van der Waals surface area contributed by atoms with E-state index in [1.54, 1.807) is 12.1 Å². The molecule has 92 valence electrons. The Bertz CT molecular complexity index is 431. The summed E-state index contributed by atoms with van der Waals surface area (Å²) in [6, 6.07) is 5.24. The largest absolute Gasteiger partial charge is 0.390 e. The fraction of sp³-hybridized carbons (Fsp3) is 0.462. The van der Waals surface area contributed by atoms with Gasteiger partial charge in [-0.1, -0.05) is 18.2 Å². The molecule has 2 rings (SSSR count). The van der Waals surface area contributed by atoms with Crippen molar-refractivity contribution >= 4 is 17.4 Å². The van der Waals surface area contributed by atoms with Crippen LogP contribution in [0.5, 0.6) is 0 Å². The van der Waals surface area contributed by atoms with Crippen LogP contribution in [0.15, 0.2) is 18.2 Å². The Kier molecular flexibility index (Phi) is 3.82. The summed E-state index contributed by atoms with van der Waals surface area (Å²) >= 11 is 5.53. The third kappa shape index (κ3) is 2.51. The lowest BCUT2D eigenvalue weighted by atomic mass is 9.98. The molecule has 1 aromatic carbocycles. The molecule has 2 atom stereocenters. The van der Waals surface area contributed by atoms with Gasteiger partial charge in [-0.25, -0.2) is 0 Å². The van der Waals surface area contributed by atoms with Crippen molar-refractivity contribution in [1.29, 1.82) is 0 Å². The Hall–Kier alpha value is -0.900. The van der Waals surface area contributed by atoms with E-state index in [0.717, 1.165) is 17.5 Å². The fourth-order valence-electron chi connectivity index (χ4n) is 2.15. The van der Waals surface area contributed by atoms with E-state index in [4.69, 9.17) is 11.6 Å². The van der Waals surface area contributed by atoms with Crippen molar-refractivity contribution in [2.45, 2.75) is 31.5 Å². The van der Waals surface area contributed by atoms with E-state index in [1.165, 1.54) is 0 Å². The number of hydrogen-bond donors (Lipinski definition) is 2. The second kappa shape index (κ2) is 5.17. The molecule has 0 spiro atoms. The minimum atomic E-state index is -0.935. The lowest BCUT2D eigenvalue weighted by molar-refractivity contribution is 0.0169. The fourth-order valence-corrected chi connectivity index (χ4v) is 2.37. The standard InChI is InChI=1S/C13H15ClO3/c14-6-5-12(16)13(17)9-1-3-10-8(7-9)2-4-11(10)15/h1,3,7,12-13,16-17H,2,4-6H2. The number of carbonyl (C=O) groups excluding carboxylic acids is 1. The van der Waals surface area contributed by atoms with E-state index in [0.29, 0.717) is 24.3 Å². The van der Waals surface area contributed by atoms with Gasteiger partial charge in [-0.2, -0.15) is 0 Å². The van der Waals surface area contributed by atoms with Gasteiger partial charge >= 0.3 is 0 Å². The van der Waals surface area contributed by atoms with Crippen LogP contribution in [0.4, 0.5) is 0 Å². The average Bonchev–Trinajstić information content (AvgIpc) is 2.70. The molecule has 0 amide bonds. The molecule has 3 nitrogen and oxygen atoms in total. The van der Waals surface area contributed by atoms with Crippen molar-refractivity contribution in [3.05, 3.63) is 34.9 Å². The first-order valence-electron chi connectivity index (χ1n) is 5.71. The van der Waals surface area contributed by atoms with Crippen LogP contribution in [-0.4, -0.2) is 28.0 Å². The minimum Gasteiger partial charge on any atom is -0.390 e. The predicted octanol–water partition coefficient (Wildman–Crippen LogP) is 1.84. The van der Waals surface area contributed by atoms with Crippen molar-refractivity contribution in [2.24, 2.45) is 0 Å². The molecule has 0 heterocycles. The van der Waals surface area contributed by atoms with Crippen LogP contribution >= 0.6 is 11.6 Å². The molecule has 0 fully saturated rings. The Morgan fingerprint density at radius 3 is 2.76 bits per heavy atom. The number of alkyl halides is 1. The molecule has 1 aliphatic carbocycles. The second-order valence-corrected chi connectivity index (χ2v) is 4.71. The van der Waals surface area contributed by atoms with Crippen molar-refractivity contribution < 1.29 is 15.0 Å². The van der Waals surface area contributed by atoms with Crippen molar-refractivity contribution in [1.82, 2.24) is 0 Å². The first-order valence-corrected chi connectivity index (χ1v) is 6.25. The van der Waals surface area contributed by atoms with E-state index in [2.05, 4.69) is 0 Å². The second-order valence-electron chi connectivity index (χ2n) is 4.33. The summed E-state index contributed by atoms with van der Waals surface area (Å²) in [5.41, 5.74) is 2.36. The summed E-state index contributed by atoms with van der Waals surface area (Å²) in [4.78, 5) is 11.5.